The monoisotopic (exact) mass is 432 g/mol. The molecule has 0 saturated carbocycles. The lowest BCUT2D eigenvalue weighted by Gasteiger charge is -2.27. The van der Waals surface area contributed by atoms with Crippen LogP contribution in [0, 0.1) is 6.92 Å². The highest BCUT2D eigenvalue weighted by Gasteiger charge is 2.45. The Balaban J connectivity index is 1.75. The number of carbonyl (C=O) groups is 2. The number of rotatable bonds is 6. The summed E-state index contributed by atoms with van der Waals surface area (Å²) in [4.78, 5) is 32.2. The van der Waals surface area contributed by atoms with E-state index in [1.807, 2.05) is 37.3 Å². The highest BCUT2D eigenvalue weighted by Crippen LogP contribution is 2.42. The van der Waals surface area contributed by atoms with Crippen molar-refractivity contribution in [3.05, 3.63) is 106 Å². The minimum atomic E-state index is -0.825. The maximum Gasteiger partial charge on any atom is 0.294 e. The van der Waals surface area contributed by atoms with Gasteiger partial charge in [0.15, 0.2) is 11.5 Å². The summed E-state index contributed by atoms with van der Waals surface area (Å²) >= 11 is 6.19. The number of Topliss-reactive ketones (excluding diaryl/α,β-unsaturated/α-hetero) is 1. The summed E-state index contributed by atoms with van der Waals surface area (Å²) in [6, 6.07) is 19.3. The molecule has 0 bridgehead atoms. The van der Waals surface area contributed by atoms with Gasteiger partial charge in [-0.25, -0.2) is 0 Å². The molecule has 1 atom stereocenters. The van der Waals surface area contributed by atoms with Gasteiger partial charge < -0.3 is 5.11 Å². The van der Waals surface area contributed by atoms with Crippen molar-refractivity contribution in [2.75, 3.05) is 4.90 Å². The number of aliphatic hydroxyl groups is 1. The van der Waals surface area contributed by atoms with E-state index < -0.39 is 17.7 Å². The lowest BCUT2D eigenvalue weighted by atomic mass is 9.95. The van der Waals surface area contributed by atoms with Crippen LogP contribution in [0.25, 0.3) is 0 Å². The molecule has 1 aliphatic heterocycles. The number of hydrogen-bond donors (Lipinski definition) is 1. The van der Waals surface area contributed by atoms with Gasteiger partial charge in [0.2, 0.25) is 0 Å². The summed E-state index contributed by atoms with van der Waals surface area (Å²) in [5, 5.41) is 11.2. The number of pyridine rings is 1. The normalized spacial score (nSPS) is 16.1. The van der Waals surface area contributed by atoms with Crippen LogP contribution < -0.4 is 4.90 Å². The first kappa shape index (κ1) is 20.8. The Morgan fingerprint density at radius 1 is 1.10 bits per heavy atom. The molecule has 4 rings (SSSR count). The number of aryl methyl sites for hydroxylation is 2. The molecule has 0 saturated heterocycles. The Morgan fingerprint density at radius 3 is 2.55 bits per heavy atom. The molecule has 0 spiro atoms. The Hall–Kier alpha value is -3.44. The molecule has 1 N–H and O–H groups in total. The number of nitrogens with zero attached hydrogens (tertiary/aromatic N) is 2. The summed E-state index contributed by atoms with van der Waals surface area (Å²) in [6.45, 7) is 1.85. The predicted octanol–water partition coefficient (Wildman–Crippen LogP) is 5.15. The third kappa shape index (κ3) is 4.09. The van der Waals surface area contributed by atoms with Crippen molar-refractivity contribution >= 4 is 29.0 Å². The molecular weight excluding hydrogens is 412 g/mol. The lowest BCUT2D eigenvalue weighted by molar-refractivity contribution is -0.118. The van der Waals surface area contributed by atoms with E-state index in [0.29, 0.717) is 22.8 Å². The number of benzene rings is 2. The second kappa shape index (κ2) is 8.74. The number of aromatic nitrogens is 1. The van der Waals surface area contributed by atoms with E-state index in [9.17, 15) is 14.7 Å². The molecule has 31 heavy (non-hydrogen) atoms. The van der Waals surface area contributed by atoms with Crippen LogP contribution >= 0.6 is 11.6 Å². The molecule has 1 amide bonds. The summed E-state index contributed by atoms with van der Waals surface area (Å²) in [5.41, 5.74) is 2.91. The van der Waals surface area contributed by atoms with Crippen LogP contribution in [0.5, 0.6) is 0 Å². The number of halogens is 1. The zero-order chi connectivity index (χ0) is 22.0. The quantitative estimate of drug-likeness (QED) is 0.585. The summed E-state index contributed by atoms with van der Waals surface area (Å²) in [5.74, 6) is -1.45. The van der Waals surface area contributed by atoms with Crippen molar-refractivity contribution in [1.82, 2.24) is 4.98 Å². The van der Waals surface area contributed by atoms with E-state index in [0.717, 1.165) is 11.1 Å². The van der Waals surface area contributed by atoms with Gasteiger partial charge in [0, 0.05) is 23.3 Å². The molecule has 0 radical (unpaired) electrons. The van der Waals surface area contributed by atoms with Crippen molar-refractivity contribution in [1.29, 1.82) is 0 Å². The molecule has 0 aliphatic carbocycles. The largest absolute Gasteiger partial charge is 0.503 e. The van der Waals surface area contributed by atoms with Gasteiger partial charge in [-0.3, -0.25) is 19.5 Å². The number of carbonyl (C=O) groups excluding carboxylic acids is 2. The first-order valence-electron chi connectivity index (χ1n) is 9.98. The van der Waals surface area contributed by atoms with Gasteiger partial charge in [0.05, 0.1) is 11.3 Å². The van der Waals surface area contributed by atoms with Gasteiger partial charge in [-0.05, 0) is 48.7 Å². The zero-order valence-electron chi connectivity index (χ0n) is 17.0. The van der Waals surface area contributed by atoms with Crippen molar-refractivity contribution in [2.45, 2.75) is 25.8 Å². The molecule has 3 aromatic rings. The van der Waals surface area contributed by atoms with E-state index in [1.54, 1.807) is 42.6 Å². The lowest BCUT2D eigenvalue weighted by Crippen LogP contribution is -2.32. The standard InChI is InChI=1S/C25H21ClN2O3/c1-16-10-12-18(26)15-20(16)28-23(19-9-5-6-14-27-19)22(24(30)25(28)31)21(29)13-11-17-7-3-2-4-8-17/h2-10,12,14-15,23,30H,11,13H2,1H3. The van der Waals surface area contributed by atoms with Gasteiger partial charge in [0.25, 0.3) is 5.91 Å². The van der Waals surface area contributed by atoms with E-state index in [1.165, 1.54) is 4.90 Å². The molecule has 6 heteroatoms. The average molecular weight is 433 g/mol. The molecule has 1 aliphatic rings. The number of amides is 1. The van der Waals surface area contributed by atoms with Gasteiger partial charge >= 0.3 is 0 Å². The van der Waals surface area contributed by atoms with Crippen LogP contribution in [0.3, 0.4) is 0 Å². The van der Waals surface area contributed by atoms with E-state index in [2.05, 4.69) is 4.98 Å². The second-order valence-corrected chi connectivity index (χ2v) is 7.87. The summed E-state index contributed by atoms with van der Waals surface area (Å²) < 4.78 is 0. The minimum Gasteiger partial charge on any atom is -0.503 e. The molecule has 1 unspecified atom stereocenters. The van der Waals surface area contributed by atoms with Crippen LogP contribution in [0.15, 0.2) is 84.3 Å². The second-order valence-electron chi connectivity index (χ2n) is 7.43. The molecule has 1 aromatic heterocycles. The Labute approximate surface area is 185 Å². The first-order chi connectivity index (χ1) is 15.0. The van der Waals surface area contributed by atoms with Crippen molar-refractivity contribution in [3.63, 3.8) is 0 Å². The van der Waals surface area contributed by atoms with Crippen LogP contribution in [0.2, 0.25) is 5.02 Å². The number of anilines is 1. The minimum absolute atomic E-state index is 0.0685. The fraction of sp³-hybridized carbons (Fsp3) is 0.160. The van der Waals surface area contributed by atoms with Crippen molar-refractivity contribution < 1.29 is 14.7 Å². The molecular formula is C25H21ClN2O3. The predicted molar refractivity (Wildman–Crippen MR) is 120 cm³/mol. The number of aliphatic hydroxyl groups excluding tert-OH is 1. The van der Waals surface area contributed by atoms with Crippen LogP contribution in [0.4, 0.5) is 5.69 Å². The first-order valence-corrected chi connectivity index (χ1v) is 10.4. The van der Waals surface area contributed by atoms with Crippen LogP contribution in [0.1, 0.15) is 29.3 Å². The maximum atomic E-state index is 13.2. The topological polar surface area (TPSA) is 70.5 Å². The summed E-state index contributed by atoms with van der Waals surface area (Å²) in [6.07, 6.45) is 2.28. The molecule has 156 valence electrons. The van der Waals surface area contributed by atoms with Gasteiger partial charge in [-0.1, -0.05) is 54.1 Å². The fourth-order valence-electron chi connectivity index (χ4n) is 3.84. The molecule has 0 fully saturated rings. The van der Waals surface area contributed by atoms with E-state index in [-0.39, 0.29) is 17.8 Å². The fourth-order valence-corrected chi connectivity index (χ4v) is 4.00. The molecule has 5 nitrogen and oxygen atoms in total. The Bertz CT molecular complexity index is 1160. The van der Waals surface area contributed by atoms with Crippen LogP contribution in [-0.4, -0.2) is 21.8 Å². The average Bonchev–Trinajstić information content (AvgIpc) is 3.06. The van der Waals surface area contributed by atoms with Gasteiger partial charge in [-0.2, -0.15) is 0 Å². The van der Waals surface area contributed by atoms with Crippen LogP contribution in [-0.2, 0) is 16.0 Å². The van der Waals surface area contributed by atoms with E-state index in [4.69, 9.17) is 11.6 Å². The smallest absolute Gasteiger partial charge is 0.294 e. The number of hydrogen-bond acceptors (Lipinski definition) is 4. The highest BCUT2D eigenvalue weighted by atomic mass is 35.5. The maximum absolute atomic E-state index is 13.2. The van der Waals surface area contributed by atoms with Gasteiger partial charge in [0.1, 0.15) is 6.04 Å². The highest BCUT2D eigenvalue weighted by molar-refractivity contribution is 6.31. The third-order valence-electron chi connectivity index (χ3n) is 5.39. The Kier molecular flexibility index (Phi) is 5.87. The van der Waals surface area contributed by atoms with Gasteiger partial charge in [-0.15, -0.1) is 0 Å². The van der Waals surface area contributed by atoms with Crippen molar-refractivity contribution in [2.24, 2.45) is 0 Å². The Morgan fingerprint density at radius 2 is 1.84 bits per heavy atom. The van der Waals surface area contributed by atoms with E-state index >= 15 is 0 Å². The zero-order valence-corrected chi connectivity index (χ0v) is 17.7. The molecule has 2 aromatic carbocycles. The summed E-state index contributed by atoms with van der Waals surface area (Å²) in [7, 11) is 0. The third-order valence-corrected chi connectivity index (χ3v) is 5.63. The molecule has 2 heterocycles. The number of ketones is 1. The SMILES string of the molecule is Cc1ccc(Cl)cc1N1C(=O)C(O)=C(C(=O)CCc2ccccc2)C1c1ccccn1. The van der Waals surface area contributed by atoms with Crippen molar-refractivity contribution in [3.8, 4) is 0 Å².